The Morgan fingerprint density at radius 3 is 2.50 bits per heavy atom. The van der Waals surface area contributed by atoms with Crippen molar-refractivity contribution in [1.82, 2.24) is 10.4 Å². The molecule has 6 heteroatoms. The van der Waals surface area contributed by atoms with E-state index in [2.05, 4.69) is 26.5 Å². The maximum Gasteiger partial charge on any atom is 0.272 e. The number of nitrogens with zero attached hydrogens (tertiary/aromatic N) is 2. The number of benzene rings is 3. The zero-order valence-corrected chi connectivity index (χ0v) is 17.7. The van der Waals surface area contributed by atoms with Crippen molar-refractivity contribution < 1.29 is 9.18 Å². The molecule has 30 heavy (non-hydrogen) atoms. The summed E-state index contributed by atoms with van der Waals surface area (Å²) < 4.78 is 14.0. The number of fused-ring (bicyclic) bond motifs is 1. The smallest absolute Gasteiger partial charge is 0.267 e. The van der Waals surface area contributed by atoms with E-state index >= 15 is 0 Å². The summed E-state index contributed by atoms with van der Waals surface area (Å²) in [4.78, 5) is 17.7. The average Bonchev–Trinajstić information content (AvgIpc) is 2.75. The van der Waals surface area contributed by atoms with Gasteiger partial charge in [0.05, 0.1) is 23.0 Å². The number of hydrogen-bond donors (Lipinski definition) is 1. The van der Waals surface area contributed by atoms with Gasteiger partial charge in [0.1, 0.15) is 5.82 Å². The molecule has 0 aliphatic heterocycles. The topological polar surface area (TPSA) is 54.4 Å². The van der Waals surface area contributed by atoms with Gasteiger partial charge in [-0.1, -0.05) is 51.8 Å². The molecule has 0 saturated heterocycles. The molecule has 4 nitrogen and oxygen atoms in total. The Hall–Kier alpha value is -3.38. The number of carbonyl (C=O) groups excluding carboxylic acids is 1. The zero-order valence-electron chi connectivity index (χ0n) is 16.1. The second-order valence-electron chi connectivity index (χ2n) is 6.83. The minimum Gasteiger partial charge on any atom is -0.267 e. The molecule has 0 fully saturated rings. The van der Waals surface area contributed by atoms with E-state index in [1.165, 1.54) is 18.3 Å². The first-order valence-electron chi connectivity index (χ1n) is 9.26. The van der Waals surface area contributed by atoms with Crippen LogP contribution in [0.15, 0.2) is 82.4 Å². The number of rotatable bonds is 4. The minimum atomic E-state index is -0.343. The molecule has 0 radical (unpaired) electrons. The van der Waals surface area contributed by atoms with Crippen molar-refractivity contribution >= 4 is 39.0 Å². The molecular formula is C24H17BrFN3O. The van der Waals surface area contributed by atoms with Crippen LogP contribution in [0, 0.1) is 12.7 Å². The van der Waals surface area contributed by atoms with E-state index in [1.807, 2.05) is 49.4 Å². The van der Waals surface area contributed by atoms with Crippen molar-refractivity contribution in [2.45, 2.75) is 6.92 Å². The molecule has 148 valence electrons. The van der Waals surface area contributed by atoms with Gasteiger partial charge >= 0.3 is 0 Å². The Morgan fingerprint density at radius 1 is 1.03 bits per heavy atom. The number of nitrogens with one attached hydrogen (secondary N) is 1. The fourth-order valence-electron chi connectivity index (χ4n) is 3.07. The van der Waals surface area contributed by atoms with Gasteiger partial charge < -0.3 is 0 Å². The highest BCUT2D eigenvalue weighted by molar-refractivity contribution is 9.10. The largest absolute Gasteiger partial charge is 0.272 e. The van der Waals surface area contributed by atoms with Gasteiger partial charge in [0.15, 0.2) is 0 Å². The van der Waals surface area contributed by atoms with Crippen LogP contribution in [0.2, 0.25) is 0 Å². The third kappa shape index (κ3) is 4.44. The lowest BCUT2D eigenvalue weighted by Gasteiger charge is -2.10. The van der Waals surface area contributed by atoms with E-state index in [1.54, 1.807) is 18.2 Å². The van der Waals surface area contributed by atoms with Crippen LogP contribution in [-0.4, -0.2) is 17.1 Å². The molecule has 1 aromatic heterocycles. The number of amides is 1. The molecule has 1 heterocycles. The van der Waals surface area contributed by atoms with Crippen LogP contribution in [0.3, 0.4) is 0 Å². The molecule has 0 spiro atoms. The second kappa shape index (κ2) is 8.55. The van der Waals surface area contributed by atoms with Crippen LogP contribution < -0.4 is 5.43 Å². The minimum absolute atomic E-state index is 0.324. The highest BCUT2D eigenvalue weighted by Gasteiger charge is 2.14. The van der Waals surface area contributed by atoms with Gasteiger partial charge in [-0.3, -0.25) is 4.79 Å². The standard InChI is InChI=1S/C24H17BrFN3O/c1-15-2-11-22-20(12-15)21(13-23(28-22)17-5-7-18(25)8-6-17)24(30)29-27-14-16-3-9-19(26)10-4-16/h2-14H,1H3,(H,29,30). The van der Waals surface area contributed by atoms with E-state index in [4.69, 9.17) is 4.98 Å². The molecule has 0 aliphatic rings. The van der Waals surface area contributed by atoms with E-state index in [-0.39, 0.29) is 11.7 Å². The Labute approximate surface area is 181 Å². The summed E-state index contributed by atoms with van der Waals surface area (Å²) >= 11 is 3.43. The fourth-order valence-corrected chi connectivity index (χ4v) is 3.33. The van der Waals surface area contributed by atoms with Crippen molar-refractivity contribution in [1.29, 1.82) is 0 Å². The van der Waals surface area contributed by atoms with Crippen LogP contribution >= 0.6 is 15.9 Å². The quantitative estimate of drug-likeness (QED) is 0.305. The van der Waals surface area contributed by atoms with Crippen molar-refractivity contribution in [2.75, 3.05) is 0 Å². The molecule has 1 amide bonds. The number of carbonyl (C=O) groups is 1. The highest BCUT2D eigenvalue weighted by atomic mass is 79.9. The summed E-state index contributed by atoms with van der Waals surface area (Å²) in [6.07, 6.45) is 1.47. The lowest BCUT2D eigenvalue weighted by atomic mass is 10.0. The van der Waals surface area contributed by atoms with Gasteiger partial charge in [-0.15, -0.1) is 0 Å². The second-order valence-corrected chi connectivity index (χ2v) is 7.75. The SMILES string of the molecule is Cc1ccc2nc(-c3ccc(Br)cc3)cc(C(=O)NN=Cc3ccc(F)cc3)c2c1. The number of hydrogen-bond acceptors (Lipinski definition) is 3. The van der Waals surface area contributed by atoms with Gasteiger partial charge in [0.2, 0.25) is 0 Å². The number of pyridine rings is 1. The summed E-state index contributed by atoms with van der Waals surface area (Å²) in [5.41, 5.74) is 7.10. The molecule has 0 bridgehead atoms. The third-order valence-electron chi connectivity index (χ3n) is 4.60. The van der Waals surface area contributed by atoms with Crippen molar-refractivity contribution in [2.24, 2.45) is 5.10 Å². The van der Waals surface area contributed by atoms with Gasteiger partial charge in [0, 0.05) is 15.4 Å². The van der Waals surface area contributed by atoms with Crippen molar-refractivity contribution in [3.8, 4) is 11.3 Å². The average molecular weight is 462 g/mol. The number of hydrazone groups is 1. The van der Waals surface area contributed by atoms with E-state index < -0.39 is 0 Å². The molecule has 0 aliphatic carbocycles. The van der Waals surface area contributed by atoms with E-state index in [0.29, 0.717) is 16.8 Å². The first-order valence-corrected chi connectivity index (χ1v) is 10.1. The Kier molecular flexibility index (Phi) is 5.68. The lowest BCUT2D eigenvalue weighted by molar-refractivity contribution is 0.0956. The molecule has 1 N–H and O–H groups in total. The van der Waals surface area contributed by atoms with Crippen molar-refractivity contribution in [3.05, 3.63) is 99.8 Å². The van der Waals surface area contributed by atoms with Crippen molar-refractivity contribution in [3.63, 3.8) is 0 Å². The monoisotopic (exact) mass is 461 g/mol. The van der Waals surface area contributed by atoms with Crippen LogP contribution in [0.4, 0.5) is 4.39 Å². The summed E-state index contributed by atoms with van der Waals surface area (Å²) in [6, 6.07) is 21.2. The molecular weight excluding hydrogens is 445 g/mol. The van der Waals surface area contributed by atoms with Gasteiger partial charge in [-0.05, 0) is 55.0 Å². The van der Waals surface area contributed by atoms with Gasteiger partial charge in [0.25, 0.3) is 5.91 Å². The summed E-state index contributed by atoms with van der Waals surface area (Å²) in [7, 11) is 0. The molecule has 4 rings (SSSR count). The zero-order chi connectivity index (χ0) is 21.1. The third-order valence-corrected chi connectivity index (χ3v) is 5.13. The Bertz CT molecular complexity index is 1250. The number of aromatic nitrogens is 1. The highest BCUT2D eigenvalue weighted by Crippen LogP contribution is 2.26. The lowest BCUT2D eigenvalue weighted by Crippen LogP contribution is -2.18. The van der Waals surface area contributed by atoms with Crippen LogP contribution in [0.25, 0.3) is 22.2 Å². The van der Waals surface area contributed by atoms with Crippen LogP contribution in [-0.2, 0) is 0 Å². The predicted octanol–water partition coefficient (Wildman–Crippen LogP) is 5.88. The van der Waals surface area contributed by atoms with Crippen LogP contribution in [0.5, 0.6) is 0 Å². The maximum atomic E-state index is 13.0. The first-order chi connectivity index (χ1) is 14.5. The Morgan fingerprint density at radius 2 is 1.77 bits per heavy atom. The van der Waals surface area contributed by atoms with E-state index in [9.17, 15) is 9.18 Å². The molecule has 0 unspecified atom stereocenters. The predicted molar refractivity (Wildman–Crippen MR) is 121 cm³/mol. The fraction of sp³-hybridized carbons (Fsp3) is 0.0417. The Balaban J connectivity index is 1.70. The van der Waals surface area contributed by atoms with Gasteiger partial charge in [-0.2, -0.15) is 5.10 Å². The van der Waals surface area contributed by atoms with Gasteiger partial charge in [-0.25, -0.2) is 14.8 Å². The summed E-state index contributed by atoms with van der Waals surface area (Å²) in [6.45, 7) is 1.97. The molecule has 0 saturated carbocycles. The first kappa shape index (κ1) is 19.9. The summed E-state index contributed by atoms with van der Waals surface area (Å²) in [5, 5.41) is 4.77. The van der Waals surface area contributed by atoms with E-state index in [0.717, 1.165) is 26.5 Å². The maximum absolute atomic E-state index is 13.0. The van der Waals surface area contributed by atoms with Crippen LogP contribution in [0.1, 0.15) is 21.5 Å². The molecule has 3 aromatic carbocycles. The molecule has 0 atom stereocenters. The normalized spacial score (nSPS) is 11.2. The number of aryl methyl sites for hydroxylation is 1. The molecule has 4 aromatic rings. The summed E-state index contributed by atoms with van der Waals surface area (Å²) in [5.74, 6) is -0.667. The number of halogens is 2.